The summed E-state index contributed by atoms with van der Waals surface area (Å²) in [6.07, 6.45) is 0.139. The van der Waals surface area contributed by atoms with Gasteiger partial charge in [-0.15, -0.1) is 0 Å². The van der Waals surface area contributed by atoms with Crippen LogP contribution >= 0.6 is 11.3 Å². The smallest absolute Gasteiger partial charge is 0.303 e. The van der Waals surface area contributed by atoms with E-state index in [9.17, 15) is 4.79 Å². The fourth-order valence-electron chi connectivity index (χ4n) is 1.65. The fourth-order valence-corrected chi connectivity index (χ4v) is 2.43. The lowest BCUT2D eigenvalue weighted by Gasteiger charge is -2.08. The molecule has 0 saturated carbocycles. The average Bonchev–Trinajstić information content (AvgIpc) is 2.55. The van der Waals surface area contributed by atoms with Crippen LogP contribution in [0.3, 0.4) is 0 Å². The number of nitrogens with zero attached hydrogens (tertiary/aromatic N) is 1. The van der Waals surface area contributed by atoms with Crippen LogP contribution in [0, 0.1) is 0 Å². The monoisotopic (exact) mass is 236 g/mol. The zero-order valence-corrected chi connectivity index (χ0v) is 9.62. The molecule has 16 heavy (non-hydrogen) atoms. The van der Waals surface area contributed by atoms with Crippen molar-refractivity contribution in [3.63, 3.8) is 0 Å². The summed E-state index contributed by atoms with van der Waals surface area (Å²) >= 11 is 1.42. The highest BCUT2D eigenvalue weighted by molar-refractivity contribution is 7.22. The Kier molecular flexibility index (Phi) is 2.78. The molecule has 0 bridgehead atoms. The summed E-state index contributed by atoms with van der Waals surface area (Å²) in [5.41, 5.74) is 7.49. The van der Waals surface area contributed by atoms with E-state index < -0.39 is 5.97 Å². The number of nitrogen functional groups attached to an aromatic ring is 1. The Hall–Kier alpha value is -1.62. The lowest BCUT2D eigenvalue weighted by Crippen LogP contribution is -2.02. The van der Waals surface area contributed by atoms with Crippen LogP contribution in [0.15, 0.2) is 18.2 Å². The van der Waals surface area contributed by atoms with Crippen molar-refractivity contribution in [2.24, 2.45) is 0 Å². The Morgan fingerprint density at radius 1 is 1.62 bits per heavy atom. The molecule has 0 aliphatic heterocycles. The Morgan fingerprint density at radius 3 is 3.06 bits per heavy atom. The maximum absolute atomic E-state index is 10.6. The number of carboxylic acids is 1. The molecule has 1 unspecified atom stereocenters. The molecule has 0 fully saturated rings. The van der Waals surface area contributed by atoms with Crippen molar-refractivity contribution in [3.8, 4) is 0 Å². The molecule has 0 amide bonds. The van der Waals surface area contributed by atoms with E-state index in [1.807, 2.05) is 25.1 Å². The van der Waals surface area contributed by atoms with E-state index in [-0.39, 0.29) is 12.3 Å². The number of nitrogens with two attached hydrogens (primary N) is 1. The molecule has 3 N–H and O–H groups in total. The normalized spacial score (nSPS) is 12.8. The maximum atomic E-state index is 10.6. The topological polar surface area (TPSA) is 76.2 Å². The van der Waals surface area contributed by atoms with Crippen LogP contribution < -0.4 is 5.73 Å². The summed E-state index contributed by atoms with van der Waals surface area (Å²) in [6, 6.07) is 5.77. The zero-order chi connectivity index (χ0) is 11.7. The molecule has 0 saturated heterocycles. The first-order chi connectivity index (χ1) is 7.56. The Balaban J connectivity index is 2.34. The standard InChI is InChI=1S/C11H12N2O2S/c1-6(4-10(14)15)7-2-3-8-9(5-7)16-11(12)13-8/h2-3,5-6H,4H2,1H3,(H2,12,13)(H,14,15). The first kappa shape index (κ1) is 10.9. The van der Waals surface area contributed by atoms with Gasteiger partial charge in [0, 0.05) is 0 Å². The van der Waals surface area contributed by atoms with Gasteiger partial charge in [-0.05, 0) is 23.6 Å². The molecule has 2 rings (SSSR count). The van der Waals surface area contributed by atoms with Gasteiger partial charge in [0.1, 0.15) is 0 Å². The van der Waals surface area contributed by atoms with Crippen LogP contribution in [0.2, 0.25) is 0 Å². The second kappa shape index (κ2) is 4.09. The van der Waals surface area contributed by atoms with Gasteiger partial charge in [-0.1, -0.05) is 24.3 Å². The van der Waals surface area contributed by atoms with Gasteiger partial charge >= 0.3 is 5.97 Å². The number of carboxylic acid groups (broad SMARTS) is 1. The summed E-state index contributed by atoms with van der Waals surface area (Å²) < 4.78 is 1.01. The van der Waals surface area contributed by atoms with Crippen molar-refractivity contribution in [2.45, 2.75) is 19.3 Å². The van der Waals surface area contributed by atoms with Crippen molar-refractivity contribution in [1.82, 2.24) is 4.98 Å². The number of fused-ring (bicyclic) bond motifs is 1. The van der Waals surface area contributed by atoms with Crippen molar-refractivity contribution < 1.29 is 9.90 Å². The Morgan fingerprint density at radius 2 is 2.38 bits per heavy atom. The lowest BCUT2D eigenvalue weighted by atomic mass is 9.98. The predicted molar refractivity (Wildman–Crippen MR) is 64.7 cm³/mol. The largest absolute Gasteiger partial charge is 0.481 e. The van der Waals surface area contributed by atoms with Crippen molar-refractivity contribution in [3.05, 3.63) is 23.8 Å². The maximum Gasteiger partial charge on any atom is 0.303 e. The highest BCUT2D eigenvalue weighted by Gasteiger charge is 2.11. The van der Waals surface area contributed by atoms with Gasteiger partial charge in [0.25, 0.3) is 0 Å². The number of carbonyl (C=O) groups is 1. The van der Waals surface area contributed by atoms with Gasteiger partial charge in [0.05, 0.1) is 16.6 Å². The molecule has 1 heterocycles. The van der Waals surface area contributed by atoms with E-state index in [0.29, 0.717) is 5.13 Å². The Bertz CT molecular complexity index is 536. The molecule has 1 aromatic heterocycles. The highest BCUT2D eigenvalue weighted by Crippen LogP contribution is 2.28. The molecule has 0 spiro atoms. The van der Waals surface area contributed by atoms with E-state index in [4.69, 9.17) is 10.8 Å². The van der Waals surface area contributed by atoms with Crippen molar-refractivity contribution >= 4 is 32.7 Å². The molecule has 84 valence electrons. The molecule has 1 atom stereocenters. The minimum absolute atomic E-state index is 0.00484. The van der Waals surface area contributed by atoms with E-state index in [2.05, 4.69) is 4.98 Å². The third-order valence-electron chi connectivity index (χ3n) is 2.48. The number of hydrogen-bond acceptors (Lipinski definition) is 4. The number of benzene rings is 1. The average molecular weight is 236 g/mol. The van der Waals surface area contributed by atoms with Gasteiger partial charge in [-0.2, -0.15) is 0 Å². The molecule has 4 nitrogen and oxygen atoms in total. The SMILES string of the molecule is CC(CC(=O)O)c1ccc2nc(N)sc2c1. The van der Waals surface area contributed by atoms with Crippen LogP contribution in [0.4, 0.5) is 5.13 Å². The second-order valence-electron chi connectivity index (χ2n) is 3.78. The fraction of sp³-hybridized carbons (Fsp3) is 0.273. The van der Waals surface area contributed by atoms with Gasteiger partial charge in [-0.3, -0.25) is 4.79 Å². The molecule has 5 heteroatoms. The summed E-state index contributed by atoms with van der Waals surface area (Å²) in [5.74, 6) is -0.776. The quantitative estimate of drug-likeness (QED) is 0.858. The van der Waals surface area contributed by atoms with Gasteiger partial charge in [0.15, 0.2) is 5.13 Å². The van der Waals surface area contributed by atoms with Gasteiger partial charge in [-0.25, -0.2) is 4.98 Å². The summed E-state index contributed by atoms with van der Waals surface area (Å²) in [6.45, 7) is 1.90. The molecule has 2 aromatic rings. The number of thiazole rings is 1. The number of anilines is 1. The highest BCUT2D eigenvalue weighted by atomic mass is 32.1. The first-order valence-corrected chi connectivity index (χ1v) is 5.75. The molecule has 0 radical (unpaired) electrons. The second-order valence-corrected chi connectivity index (χ2v) is 4.84. The third kappa shape index (κ3) is 2.14. The van der Waals surface area contributed by atoms with Gasteiger partial charge < -0.3 is 10.8 Å². The number of rotatable bonds is 3. The lowest BCUT2D eigenvalue weighted by molar-refractivity contribution is -0.137. The summed E-state index contributed by atoms with van der Waals surface area (Å²) in [5, 5.41) is 9.27. The molecule has 1 aromatic carbocycles. The molecular formula is C11H12N2O2S. The number of aliphatic carboxylic acids is 1. The predicted octanol–water partition coefficient (Wildman–Crippen LogP) is 2.46. The minimum Gasteiger partial charge on any atom is -0.481 e. The third-order valence-corrected chi connectivity index (χ3v) is 3.33. The summed E-state index contributed by atoms with van der Waals surface area (Å²) in [7, 11) is 0. The first-order valence-electron chi connectivity index (χ1n) is 4.94. The molecule has 0 aliphatic carbocycles. The van der Waals surface area contributed by atoms with E-state index in [0.717, 1.165) is 15.8 Å². The van der Waals surface area contributed by atoms with Crippen molar-refractivity contribution in [2.75, 3.05) is 5.73 Å². The van der Waals surface area contributed by atoms with Crippen LogP contribution in [0.5, 0.6) is 0 Å². The van der Waals surface area contributed by atoms with Gasteiger partial charge in [0.2, 0.25) is 0 Å². The van der Waals surface area contributed by atoms with Crippen LogP contribution in [0.25, 0.3) is 10.2 Å². The van der Waals surface area contributed by atoms with Crippen LogP contribution in [-0.2, 0) is 4.79 Å². The van der Waals surface area contributed by atoms with E-state index in [1.54, 1.807) is 0 Å². The Labute approximate surface area is 96.7 Å². The molecular weight excluding hydrogens is 224 g/mol. The van der Waals surface area contributed by atoms with E-state index in [1.165, 1.54) is 11.3 Å². The zero-order valence-electron chi connectivity index (χ0n) is 8.80. The van der Waals surface area contributed by atoms with E-state index >= 15 is 0 Å². The van der Waals surface area contributed by atoms with Crippen LogP contribution in [-0.4, -0.2) is 16.1 Å². The minimum atomic E-state index is -0.781. The summed E-state index contributed by atoms with van der Waals surface area (Å²) in [4.78, 5) is 14.8. The molecule has 0 aliphatic rings. The number of hydrogen-bond donors (Lipinski definition) is 2. The number of aromatic nitrogens is 1. The van der Waals surface area contributed by atoms with Crippen molar-refractivity contribution in [1.29, 1.82) is 0 Å². The van der Waals surface area contributed by atoms with Crippen LogP contribution in [0.1, 0.15) is 24.8 Å².